The van der Waals surface area contributed by atoms with Gasteiger partial charge in [0.15, 0.2) is 0 Å². The van der Waals surface area contributed by atoms with Gasteiger partial charge in [0, 0.05) is 17.0 Å². The van der Waals surface area contributed by atoms with Crippen LogP contribution in [-0.2, 0) is 4.79 Å². The Hall–Kier alpha value is -2.65. The molecule has 0 radical (unpaired) electrons. The fraction of sp³-hybridized carbons (Fsp3) is 0.458. The number of aliphatic hydroxyl groups is 1. The topological polar surface area (TPSA) is 101 Å². The standard InChI is InChI=1S/C24H30FN3O4S/c1-24(2,14-29)23(31)28-17-9-7-16(8-10-17)27-21(30)20-11-15(25)13-26-22(20)32-18-5-4-6-19(12-18)33-3/h4-6,11-13,16-17,29H,7-10,14H2,1-3H3,(H,27,30)(H,28,31)/t16-,17+. The molecule has 7 nitrogen and oxygen atoms in total. The largest absolute Gasteiger partial charge is 0.438 e. The lowest BCUT2D eigenvalue weighted by Gasteiger charge is -2.32. The normalized spacial score (nSPS) is 18.5. The van der Waals surface area contributed by atoms with Crippen LogP contribution in [0.4, 0.5) is 4.39 Å². The van der Waals surface area contributed by atoms with Gasteiger partial charge < -0.3 is 20.5 Å². The Bertz CT molecular complexity index is 993. The van der Waals surface area contributed by atoms with Crippen molar-refractivity contribution in [2.24, 2.45) is 5.41 Å². The Balaban J connectivity index is 1.62. The van der Waals surface area contributed by atoms with E-state index in [1.165, 1.54) is 0 Å². The summed E-state index contributed by atoms with van der Waals surface area (Å²) in [6, 6.07) is 8.36. The molecule has 1 aromatic heterocycles. The Labute approximate surface area is 197 Å². The highest BCUT2D eigenvalue weighted by atomic mass is 32.2. The molecule has 2 amide bonds. The average molecular weight is 476 g/mol. The Kier molecular flexibility index (Phi) is 8.31. The second kappa shape index (κ2) is 11.0. The summed E-state index contributed by atoms with van der Waals surface area (Å²) in [5, 5.41) is 15.3. The van der Waals surface area contributed by atoms with E-state index in [0.717, 1.165) is 17.2 Å². The van der Waals surface area contributed by atoms with E-state index in [-0.39, 0.29) is 36.0 Å². The molecule has 0 bridgehead atoms. The van der Waals surface area contributed by atoms with Crippen molar-refractivity contribution in [1.82, 2.24) is 15.6 Å². The van der Waals surface area contributed by atoms with Gasteiger partial charge in [-0.1, -0.05) is 6.07 Å². The van der Waals surface area contributed by atoms with E-state index in [4.69, 9.17) is 4.74 Å². The van der Waals surface area contributed by atoms with E-state index in [0.29, 0.717) is 31.4 Å². The molecule has 1 aromatic carbocycles. The molecule has 3 rings (SSSR count). The number of carbonyl (C=O) groups is 2. The maximum Gasteiger partial charge on any atom is 0.257 e. The minimum absolute atomic E-state index is 0.00470. The number of thioether (sulfide) groups is 1. The monoisotopic (exact) mass is 475 g/mol. The lowest BCUT2D eigenvalue weighted by Crippen LogP contribution is -2.48. The number of ether oxygens (including phenoxy) is 1. The van der Waals surface area contributed by atoms with E-state index in [1.54, 1.807) is 31.7 Å². The van der Waals surface area contributed by atoms with Crippen LogP contribution in [0.2, 0.25) is 0 Å². The quantitative estimate of drug-likeness (QED) is 0.501. The summed E-state index contributed by atoms with van der Waals surface area (Å²) < 4.78 is 19.7. The molecule has 1 saturated carbocycles. The summed E-state index contributed by atoms with van der Waals surface area (Å²) in [4.78, 5) is 30.2. The number of amides is 2. The molecule has 1 aliphatic carbocycles. The predicted molar refractivity (Wildman–Crippen MR) is 125 cm³/mol. The van der Waals surface area contributed by atoms with Crippen molar-refractivity contribution in [1.29, 1.82) is 0 Å². The van der Waals surface area contributed by atoms with Gasteiger partial charge in [0.05, 0.1) is 18.2 Å². The molecule has 0 atom stereocenters. The number of aromatic nitrogens is 1. The Morgan fingerprint density at radius 1 is 1.18 bits per heavy atom. The van der Waals surface area contributed by atoms with Crippen LogP contribution in [-0.4, -0.2) is 46.9 Å². The van der Waals surface area contributed by atoms with Crippen LogP contribution in [0.5, 0.6) is 11.6 Å². The molecule has 1 fully saturated rings. The first-order valence-corrected chi connectivity index (χ1v) is 12.1. The van der Waals surface area contributed by atoms with Crippen LogP contribution >= 0.6 is 11.8 Å². The summed E-state index contributed by atoms with van der Waals surface area (Å²) in [6.45, 7) is 3.16. The lowest BCUT2D eigenvalue weighted by atomic mass is 9.88. The Morgan fingerprint density at radius 2 is 1.85 bits per heavy atom. The van der Waals surface area contributed by atoms with Gasteiger partial charge in [-0.2, -0.15) is 0 Å². The van der Waals surface area contributed by atoms with E-state index < -0.39 is 17.1 Å². The number of hydrogen-bond acceptors (Lipinski definition) is 6. The second-order valence-electron chi connectivity index (χ2n) is 8.82. The highest BCUT2D eigenvalue weighted by Gasteiger charge is 2.31. The molecular weight excluding hydrogens is 445 g/mol. The van der Waals surface area contributed by atoms with Gasteiger partial charge in [-0.3, -0.25) is 9.59 Å². The van der Waals surface area contributed by atoms with E-state index in [2.05, 4.69) is 15.6 Å². The third-order valence-electron chi connectivity index (χ3n) is 5.73. The van der Waals surface area contributed by atoms with Crippen LogP contribution < -0.4 is 15.4 Å². The zero-order chi connectivity index (χ0) is 24.0. The second-order valence-corrected chi connectivity index (χ2v) is 9.70. The summed E-state index contributed by atoms with van der Waals surface area (Å²) >= 11 is 1.56. The number of pyridine rings is 1. The van der Waals surface area contributed by atoms with Crippen molar-refractivity contribution < 1.29 is 23.8 Å². The molecule has 3 N–H and O–H groups in total. The predicted octanol–water partition coefficient (Wildman–Crippen LogP) is 3.91. The number of benzene rings is 1. The number of nitrogens with zero attached hydrogens (tertiary/aromatic N) is 1. The zero-order valence-corrected chi connectivity index (χ0v) is 19.9. The first kappa shape index (κ1) is 25.0. The van der Waals surface area contributed by atoms with Crippen molar-refractivity contribution in [2.75, 3.05) is 12.9 Å². The van der Waals surface area contributed by atoms with Crippen LogP contribution in [0.1, 0.15) is 49.9 Å². The summed E-state index contributed by atoms with van der Waals surface area (Å²) in [5.41, 5.74) is -0.800. The molecule has 0 aliphatic heterocycles. The van der Waals surface area contributed by atoms with Crippen molar-refractivity contribution in [3.8, 4) is 11.6 Å². The lowest BCUT2D eigenvalue weighted by molar-refractivity contribution is -0.132. The summed E-state index contributed by atoms with van der Waals surface area (Å²) in [5.74, 6) is -0.706. The van der Waals surface area contributed by atoms with Gasteiger partial charge in [-0.25, -0.2) is 9.37 Å². The van der Waals surface area contributed by atoms with Crippen LogP contribution in [0.15, 0.2) is 41.4 Å². The minimum Gasteiger partial charge on any atom is -0.438 e. The fourth-order valence-electron chi connectivity index (χ4n) is 3.54. The first-order valence-electron chi connectivity index (χ1n) is 10.9. The van der Waals surface area contributed by atoms with E-state index in [9.17, 15) is 19.1 Å². The highest BCUT2D eigenvalue weighted by molar-refractivity contribution is 7.98. The molecule has 2 aromatic rings. The van der Waals surface area contributed by atoms with Gasteiger partial charge in [0.2, 0.25) is 11.8 Å². The van der Waals surface area contributed by atoms with Crippen LogP contribution in [0, 0.1) is 11.2 Å². The SMILES string of the molecule is CSc1cccc(Oc2ncc(F)cc2C(=O)N[C@H]2CC[C@@H](NC(=O)C(C)(C)CO)CC2)c1. The smallest absolute Gasteiger partial charge is 0.257 e. The number of rotatable bonds is 8. The molecule has 0 spiro atoms. The average Bonchev–Trinajstić information content (AvgIpc) is 2.81. The molecule has 1 aliphatic rings. The van der Waals surface area contributed by atoms with E-state index >= 15 is 0 Å². The molecule has 9 heteroatoms. The van der Waals surface area contributed by atoms with Gasteiger partial charge in [0.1, 0.15) is 17.1 Å². The molecule has 33 heavy (non-hydrogen) atoms. The molecule has 1 heterocycles. The molecular formula is C24H30FN3O4S. The number of aliphatic hydroxyl groups excluding tert-OH is 1. The first-order chi connectivity index (χ1) is 15.7. The highest BCUT2D eigenvalue weighted by Crippen LogP contribution is 2.28. The van der Waals surface area contributed by atoms with Gasteiger partial charge in [0.25, 0.3) is 5.91 Å². The molecule has 0 unspecified atom stereocenters. The molecule has 178 valence electrons. The van der Waals surface area contributed by atoms with Crippen molar-refractivity contribution in [3.63, 3.8) is 0 Å². The van der Waals surface area contributed by atoms with Crippen molar-refractivity contribution in [3.05, 3.63) is 47.9 Å². The van der Waals surface area contributed by atoms with Crippen molar-refractivity contribution in [2.45, 2.75) is 56.5 Å². The number of carbonyl (C=O) groups excluding carboxylic acids is 2. The minimum atomic E-state index is -0.832. The van der Waals surface area contributed by atoms with E-state index in [1.807, 2.05) is 24.5 Å². The summed E-state index contributed by atoms with van der Waals surface area (Å²) in [7, 11) is 0. The number of halogens is 1. The zero-order valence-electron chi connectivity index (χ0n) is 19.1. The van der Waals surface area contributed by atoms with Crippen LogP contribution in [0.3, 0.4) is 0 Å². The summed E-state index contributed by atoms with van der Waals surface area (Å²) in [6.07, 6.45) is 5.71. The maximum absolute atomic E-state index is 13.9. The Morgan fingerprint density at radius 3 is 2.48 bits per heavy atom. The molecule has 0 saturated heterocycles. The third-order valence-corrected chi connectivity index (χ3v) is 6.45. The number of nitrogens with one attached hydrogen (secondary N) is 2. The third kappa shape index (κ3) is 6.68. The maximum atomic E-state index is 13.9. The van der Waals surface area contributed by atoms with Gasteiger partial charge in [-0.15, -0.1) is 11.8 Å². The van der Waals surface area contributed by atoms with Crippen molar-refractivity contribution >= 4 is 23.6 Å². The van der Waals surface area contributed by atoms with Crippen LogP contribution in [0.25, 0.3) is 0 Å². The van der Waals surface area contributed by atoms with Gasteiger partial charge in [-0.05, 0) is 70.1 Å². The fourth-order valence-corrected chi connectivity index (χ4v) is 3.99. The number of hydrogen-bond donors (Lipinski definition) is 3. The van der Waals surface area contributed by atoms with Gasteiger partial charge >= 0.3 is 0 Å².